The Balaban J connectivity index is 0.000000198. The summed E-state index contributed by atoms with van der Waals surface area (Å²) in [6, 6.07) is 0. The first-order valence-corrected chi connectivity index (χ1v) is 28.7. The summed E-state index contributed by atoms with van der Waals surface area (Å²) in [6.07, 6.45) is 25.6. The summed E-state index contributed by atoms with van der Waals surface area (Å²) >= 11 is 0. The van der Waals surface area contributed by atoms with Gasteiger partial charge >= 0.3 is 29.8 Å². The van der Waals surface area contributed by atoms with E-state index in [0.717, 1.165) is 74.5 Å². The zero-order valence-electron chi connectivity index (χ0n) is 48.8. The Morgan fingerprint density at radius 1 is 0.486 bits per heavy atom. The van der Waals surface area contributed by atoms with Crippen LogP contribution >= 0.6 is 0 Å². The standard InChI is InChI=1S/C15H22O2.C14H22O2.C14H24O2.C10H16.C6H10O2.C5H8O2/c1-9(2)15(16)17-12-7-10-6-11(8-12)14-5-3-4-13(10)14;1-9(2)12(15)16-11-8-10-6-7-14(11,5)13(10,3)4;1-10(2)13(15)16-12-8-6-11(7-9-12)14(3,4)5;1-2-9-7-4-5-8(6-7)10(9)3-1;1-4-8-6(7)5(2)3;1-4(2)5(6)7-3/h10-14H,1,3-8H2,2H3;10-11H,1,6-8H2,2-5H3;11-12H,1,6-9H2,2-5H3;7-10H,1-6H2;2,4H2,1,3H3;1H2,2-3H3. The van der Waals surface area contributed by atoms with E-state index in [1.54, 1.807) is 80.1 Å². The summed E-state index contributed by atoms with van der Waals surface area (Å²) in [4.78, 5) is 55.2. The van der Waals surface area contributed by atoms with Gasteiger partial charge in [-0.3, -0.25) is 0 Å². The molecular weight excluding hydrogens is 929 g/mol. The van der Waals surface area contributed by atoms with E-state index in [9.17, 15) is 24.0 Å². The topological polar surface area (TPSA) is 132 Å². The van der Waals surface area contributed by atoms with E-state index in [1.165, 1.54) is 69.3 Å². The number of carbonyl (C=O) groups is 5. The number of hydrogen-bond acceptors (Lipinski definition) is 10. The second-order valence-electron chi connectivity index (χ2n) is 26.0. The van der Waals surface area contributed by atoms with E-state index in [1.807, 2.05) is 0 Å². The van der Waals surface area contributed by atoms with Gasteiger partial charge in [0.1, 0.15) is 18.3 Å². The van der Waals surface area contributed by atoms with Crippen molar-refractivity contribution >= 4 is 29.8 Å². The van der Waals surface area contributed by atoms with E-state index >= 15 is 0 Å². The number of hydrogen-bond donors (Lipinski definition) is 0. The molecule has 9 fully saturated rings. The van der Waals surface area contributed by atoms with E-state index < -0.39 is 0 Å². The summed E-state index contributed by atoms with van der Waals surface area (Å²) in [6.45, 7) is 42.0. The van der Waals surface area contributed by atoms with Gasteiger partial charge in [0.05, 0.1) is 13.7 Å². The molecule has 0 aromatic carbocycles. The fraction of sp³-hybridized carbons (Fsp3) is 0.766. The predicted octanol–water partition coefficient (Wildman–Crippen LogP) is 15.0. The van der Waals surface area contributed by atoms with Crippen LogP contribution in [0, 0.1) is 75.4 Å². The van der Waals surface area contributed by atoms with Crippen molar-refractivity contribution in [1.29, 1.82) is 0 Å². The Bertz CT molecular complexity index is 1980. The molecule has 0 aromatic rings. The van der Waals surface area contributed by atoms with Crippen molar-refractivity contribution in [3.05, 3.63) is 60.8 Å². The van der Waals surface area contributed by atoms with Gasteiger partial charge in [-0.1, -0.05) is 87.3 Å². The maximum atomic E-state index is 11.6. The number of ether oxygens (including phenoxy) is 5. The molecule has 418 valence electrons. The van der Waals surface area contributed by atoms with E-state index in [2.05, 4.69) is 83.9 Å². The van der Waals surface area contributed by atoms with Gasteiger partial charge in [-0.15, -0.1) is 0 Å². The average Bonchev–Trinajstić information content (AvgIpc) is 4.22. The Hall–Kier alpha value is -3.95. The molecule has 0 amide bonds. The Kier molecular flexibility index (Phi) is 23.2. The third-order valence-corrected chi connectivity index (χ3v) is 19.5. The number of methoxy groups -OCH3 is 1. The third kappa shape index (κ3) is 16.3. The van der Waals surface area contributed by atoms with Crippen LogP contribution < -0.4 is 0 Å². The lowest BCUT2D eigenvalue weighted by molar-refractivity contribution is -0.152. The number of fused-ring (bicyclic) bond motifs is 12. The molecule has 9 saturated carbocycles. The van der Waals surface area contributed by atoms with Crippen LogP contribution in [0.2, 0.25) is 0 Å². The Morgan fingerprint density at radius 3 is 1.23 bits per heavy atom. The first kappa shape index (κ1) is 62.6. The fourth-order valence-electron chi connectivity index (χ4n) is 14.9. The Labute approximate surface area is 449 Å². The molecule has 74 heavy (non-hydrogen) atoms. The summed E-state index contributed by atoms with van der Waals surface area (Å²) in [5, 5.41) is 0. The molecule has 11 atom stereocenters. The van der Waals surface area contributed by atoms with Gasteiger partial charge in [0.25, 0.3) is 0 Å². The summed E-state index contributed by atoms with van der Waals surface area (Å²) in [5.41, 5.74) is 3.25. The molecule has 6 bridgehead atoms. The van der Waals surface area contributed by atoms with Crippen molar-refractivity contribution in [2.45, 2.75) is 223 Å². The third-order valence-electron chi connectivity index (χ3n) is 19.5. The SMILES string of the molecule is C1CC2C3CCC(C3)C2C1.C=C(C)C(=O)OC.C=C(C)C(=O)OC1CC2CC(C1)C1CCCC21.C=C(C)C(=O)OC1CC2CCC1(C)C2(C)C.C=C(C)C(=O)OC1CCC(C(C)(C)C)CC1.C=C(C)C(=O)OCC. The lowest BCUT2D eigenvalue weighted by atomic mass is 9.70. The minimum Gasteiger partial charge on any atom is -0.466 e. The average molecular weight is 1030 g/mol. The van der Waals surface area contributed by atoms with Crippen molar-refractivity contribution in [3.8, 4) is 0 Å². The lowest BCUT2D eigenvalue weighted by Crippen LogP contribution is -2.38. The largest absolute Gasteiger partial charge is 0.466 e. The van der Waals surface area contributed by atoms with Gasteiger partial charge in [-0.05, 0) is 221 Å². The molecular formula is C64H102O10. The van der Waals surface area contributed by atoms with Crippen molar-refractivity contribution < 1.29 is 47.7 Å². The smallest absolute Gasteiger partial charge is 0.333 e. The molecule has 0 saturated heterocycles. The molecule has 11 unspecified atom stereocenters. The lowest BCUT2D eigenvalue weighted by Gasteiger charge is -2.38. The van der Waals surface area contributed by atoms with E-state index in [-0.39, 0.29) is 53.6 Å². The van der Waals surface area contributed by atoms with Crippen molar-refractivity contribution in [1.82, 2.24) is 0 Å². The normalized spacial score (nSPS) is 33.6. The van der Waals surface area contributed by atoms with Crippen LogP contribution in [-0.4, -0.2) is 61.9 Å². The number of esters is 5. The maximum Gasteiger partial charge on any atom is 0.333 e. The first-order chi connectivity index (χ1) is 34.5. The highest BCUT2D eigenvalue weighted by atomic mass is 16.6. The van der Waals surface area contributed by atoms with Gasteiger partial charge in [0.15, 0.2) is 0 Å². The number of rotatable bonds is 9. The zero-order chi connectivity index (χ0) is 55.5. The monoisotopic (exact) mass is 1030 g/mol. The van der Waals surface area contributed by atoms with Gasteiger partial charge in [0, 0.05) is 33.3 Å². The molecule has 0 aliphatic heterocycles. The highest BCUT2D eigenvalue weighted by Crippen LogP contribution is 2.66. The first-order valence-electron chi connectivity index (χ1n) is 28.7. The van der Waals surface area contributed by atoms with Crippen LogP contribution in [0.15, 0.2) is 60.8 Å². The Morgan fingerprint density at radius 2 is 0.892 bits per heavy atom. The molecule has 0 spiro atoms. The van der Waals surface area contributed by atoms with Gasteiger partial charge < -0.3 is 23.7 Å². The minimum atomic E-state index is -0.347. The van der Waals surface area contributed by atoms with Gasteiger partial charge in [-0.2, -0.15) is 0 Å². The highest BCUT2D eigenvalue weighted by Gasteiger charge is 2.63. The van der Waals surface area contributed by atoms with Crippen LogP contribution in [0.25, 0.3) is 0 Å². The maximum absolute atomic E-state index is 11.6. The minimum absolute atomic E-state index is 0.0884. The molecule has 9 aliphatic carbocycles. The second-order valence-corrected chi connectivity index (χ2v) is 26.0. The molecule has 0 heterocycles. The highest BCUT2D eigenvalue weighted by molar-refractivity contribution is 5.88. The summed E-state index contributed by atoms with van der Waals surface area (Å²) in [5.74, 6) is 8.53. The summed E-state index contributed by atoms with van der Waals surface area (Å²) < 4.78 is 25.4. The van der Waals surface area contributed by atoms with E-state index in [0.29, 0.717) is 51.2 Å². The summed E-state index contributed by atoms with van der Waals surface area (Å²) in [7, 11) is 1.33. The molecule has 0 radical (unpaired) electrons. The molecule has 9 aliphatic rings. The molecule has 10 heteroatoms. The van der Waals surface area contributed by atoms with Crippen molar-refractivity contribution in [3.63, 3.8) is 0 Å². The molecule has 0 aromatic heterocycles. The molecule has 0 N–H and O–H groups in total. The van der Waals surface area contributed by atoms with Crippen molar-refractivity contribution in [2.75, 3.05) is 13.7 Å². The number of carbonyl (C=O) groups excluding carboxylic acids is 5. The van der Waals surface area contributed by atoms with Crippen LogP contribution in [0.5, 0.6) is 0 Å². The van der Waals surface area contributed by atoms with E-state index in [4.69, 9.17) is 14.2 Å². The molecule has 10 nitrogen and oxygen atoms in total. The quantitative estimate of drug-likeness (QED) is 0.125. The zero-order valence-corrected chi connectivity index (χ0v) is 48.8. The van der Waals surface area contributed by atoms with Crippen LogP contribution in [0.4, 0.5) is 0 Å². The molecule has 9 rings (SSSR count). The fourth-order valence-corrected chi connectivity index (χ4v) is 14.9. The second kappa shape index (κ2) is 27.4. The van der Waals surface area contributed by atoms with Crippen LogP contribution in [0.3, 0.4) is 0 Å². The van der Waals surface area contributed by atoms with Gasteiger partial charge in [-0.25, -0.2) is 24.0 Å². The van der Waals surface area contributed by atoms with Crippen LogP contribution in [0.1, 0.15) is 205 Å². The van der Waals surface area contributed by atoms with Crippen molar-refractivity contribution in [2.24, 2.45) is 75.4 Å². The predicted molar refractivity (Wildman–Crippen MR) is 296 cm³/mol. The van der Waals surface area contributed by atoms with Gasteiger partial charge in [0.2, 0.25) is 0 Å². The van der Waals surface area contributed by atoms with Crippen LogP contribution in [-0.2, 0) is 47.7 Å².